The summed E-state index contributed by atoms with van der Waals surface area (Å²) in [5, 5.41) is 6.21. The van der Waals surface area contributed by atoms with Crippen LogP contribution >= 0.6 is 0 Å². The predicted octanol–water partition coefficient (Wildman–Crippen LogP) is 4.14. The minimum Gasteiger partial charge on any atom is -0.355 e. The highest BCUT2D eigenvalue weighted by Crippen LogP contribution is 2.45. The molecule has 2 heterocycles. The minimum atomic E-state index is -0.682. The lowest BCUT2D eigenvalue weighted by Gasteiger charge is -2.37. The molecular weight excluding hydrogens is 419 g/mol. The maximum absolute atomic E-state index is 14.5. The van der Waals surface area contributed by atoms with Crippen molar-refractivity contribution in [3.8, 4) is 11.3 Å². The fourth-order valence-electron chi connectivity index (χ4n) is 4.76. The van der Waals surface area contributed by atoms with Crippen molar-refractivity contribution in [2.75, 3.05) is 6.54 Å². The minimum absolute atomic E-state index is 0.0126. The third kappa shape index (κ3) is 3.74. The fraction of sp³-hybridized carbons (Fsp3) is 0.333. The Kier molecular flexibility index (Phi) is 5.15. The Morgan fingerprint density at radius 1 is 1.03 bits per heavy atom. The first-order valence-corrected chi connectivity index (χ1v) is 10.7. The van der Waals surface area contributed by atoms with Crippen molar-refractivity contribution < 1.29 is 22.8 Å². The van der Waals surface area contributed by atoms with Crippen LogP contribution in [-0.4, -0.2) is 29.4 Å². The highest BCUT2D eigenvalue weighted by Gasteiger charge is 2.37. The van der Waals surface area contributed by atoms with Gasteiger partial charge in [-0.3, -0.25) is 9.59 Å². The molecule has 8 heteroatoms. The quantitative estimate of drug-likeness (QED) is 0.569. The molecule has 1 saturated carbocycles. The van der Waals surface area contributed by atoms with Crippen LogP contribution in [0.2, 0.25) is 0 Å². The van der Waals surface area contributed by atoms with Crippen molar-refractivity contribution >= 4 is 22.7 Å². The first kappa shape index (κ1) is 20.6. The van der Waals surface area contributed by atoms with Gasteiger partial charge in [0.2, 0.25) is 11.8 Å². The average Bonchev–Trinajstić information content (AvgIpc) is 3.10. The van der Waals surface area contributed by atoms with Gasteiger partial charge in [0, 0.05) is 30.5 Å². The lowest BCUT2D eigenvalue weighted by atomic mass is 9.74. The van der Waals surface area contributed by atoms with E-state index in [-0.39, 0.29) is 41.0 Å². The Morgan fingerprint density at radius 2 is 1.78 bits per heavy atom. The van der Waals surface area contributed by atoms with Gasteiger partial charge in [0.25, 0.3) is 0 Å². The lowest BCUT2D eigenvalue weighted by Crippen LogP contribution is -2.49. The Morgan fingerprint density at radius 3 is 2.47 bits per heavy atom. The van der Waals surface area contributed by atoms with Gasteiger partial charge in [-0.2, -0.15) is 0 Å². The van der Waals surface area contributed by atoms with E-state index < -0.39 is 11.6 Å². The summed E-state index contributed by atoms with van der Waals surface area (Å²) in [4.78, 5) is 26.9. The van der Waals surface area contributed by atoms with E-state index in [1.807, 2.05) is 0 Å². The first-order chi connectivity index (χ1) is 15.4. The molecule has 166 valence electrons. The molecule has 1 aliphatic heterocycles. The van der Waals surface area contributed by atoms with E-state index in [0.717, 1.165) is 11.6 Å². The second kappa shape index (κ2) is 8.00. The van der Waals surface area contributed by atoms with Gasteiger partial charge in [0.05, 0.1) is 17.1 Å². The molecule has 0 spiro atoms. The van der Waals surface area contributed by atoms with Crippen molar-refractivity contribution in [3.05, 3.63) is 59.4 Å². The molecule has 1 aliphatic carbocycles. The van der Waals surface area contributed by atoms with Crippen molar-refractivity contribution in [1.82, 2.24) is 15.6 Å². The molecule has 5 nitrogen and oxygen atoms in total. The van der Waals surface area contributed by atoms with Gasteiger partial charge in [0.15, 0.2) is 0 Å². The van der Waals surface area contributed by atoms with E-state index in [9.17, 15) is 22.8 Å². The molecule has 5 rings (SSSR count). The van der Waals surface area contributed by atoms with E-state index >= 15 is 0 Å². The number of piperidine rings is 1. The van der Waals surface area contributed by atoms with Gasteiger partial charge in [-0.1, -0.05) is 0 Å². The summed E-state index contributed by atoms with van der Waals surface area (Å²) in [6.45, 7) is 0.344. The number of benzene rings is 2. The summed E-state index contributed by atoms with van der Waals surface area (Å²) in [6.07, 6.45) is 2.14. The number of nitrogens with one attached hydrogen (secondary N) is 3. The highest BCUT2D eigenvalue weighted by atomic mass is 19.1. The molecule has 1 atom stereocenters. The Labute approximate surface area is 182 Å². The van der Waals surface area contributed by atoms with Gasteiger partial charge < -0.3 is 15.6 Å². The number of amides is 2. The zero-order valence-electron chi connectivity index (χ0n) is 17.2. The molecule has 2 fully saturated rings. The monoisotopic (exact) mass is 441 g/mol. The Bertz CT molecular complexity index is 1190. The van der Waals surface area contributed by atoms with Gasteiger partial charge >= 0.3 is 0 Å². The van der Waals surface area contributed by atoms with Crippen LogP contribution in [0.4, 0.5) is 13.2 Å². The topological polar surface area (TPSA) is 74.0 Å². The van der Waals surface area contributed by atoms with Crippen LogP contribution in [0.15, 0.2) is 36.4 Å². The van der Waals surface area contributed by atoms with Gasteiger partial charge in [-0.25, -0.2) is 13.2 Å². The smallest absolute Gasteiger partial charge is 0.225 e. The second-order valence-electron chi connectivity index (χ2n) is 8.64. The lowest BCUT2D eigenvalue weighted by molar-refractivity contribution is -0.129. The number of fused-ring (bicyclic) bond motifs is 1. The molecule has 0 bridgehead atoms. The van der Waals surface area contributed by atoms with Crippen LogP contribution in [0.1, 0.15) is 37.2 Å². The van der Waals surface area contributed by atoms with Crippen LogP contribution in [0.5, 0.6) is 0 Å². The van der Waals surface area contributed by atoms with Crippen molar-refractivity contribution in [1.29, 1.82) is 0 Å². The van der Waals surface area contributed by atoms with Crippen LogP contribution in [0, 0.1) is 23.4 Å². The number of carbonyl (C=O) groups excluding carboxylic acids is 2. The molecule has 2 amide bonds. The molecule has 0 radical (unpaired) electrons. The van der Waals surface area contributed by atoms with Crippen LogP contribution in [0.25, 0.3) is 22.2 Å². The zero-order chi connectivity index (χ0) is 22.4. The number of rotatable bonds is 4. The van der Waals surface area contributed by atoms with Gasteiger partial charge in [-0.15, -0.1) is 0 Å². The first-order valence-electron chi connectivity index (χ1n) is 10.7. The number of carbonyl (C=O) groups is 2. The largest absolute Gasteiger partial charge is 0.355 e. The van der Waals surface area contributed by atoms with Gasteiger partial charge in [0.1, 0.15) is 17.5 Å². The van der Waals surface area contributed by atoms with E-state index in [0.29, 0.717) is 48.9 Å². The SMILES string of the molecule is O=C1CCC(C(=O)N[C@H]2C[C@H](c3c(-c4ccc(F)cc4)[nH]c4c(F)cc(F)cc43)C2)CN1. The maximum atomic E-state index is 14.5. The summed E-state index contributed by atoms with van der Waals surface area (Å²) >= 11 is 0. The van der Waals surface area contributed by atoms with E-state index in [1.54, 1.807) is 12.1 Å². The number of H-pyrrole nitrogens is 1. The van der Waals surface area contributed by atoms with Crippen LogP contribution < -0.4 is 10.6 Å². The summed E-state index contributed by atoms with van der Waals surface area (Å²) < 4.78 is 41.9. The van der Waals surface area contributed by atoms with E-state index in [4.69, 9.17) is 0 Å². The summed E-state index contributed by atoms with van der Waals surface area (Å²) in [7, 11) is 0. The summed E-state index contributed by atoms with van der Waals surface area (Å²) in [5.74, 6) is -2.09. The number of aromatic nitrogens is 1. The van der Waals surface area contributed by atoms with Crippen molar-refractivity contribution in [3.63, 3.8) is 0 Å². The van der Waals surface area contributed by atoms with Crippen LogP contribution in [0.3, 0.4) is 0 Å². The second-order valence-corrected chi connectivity index (χ2v) is 8.64. The number of halogens is 3. The molecule has 1 aromatic heterocycles. The van der Waals surface area contributed by atoms with Crippen LogP contribution in [-0.2, 0) is 9.59 Å². The van der Waals surface area contributed by atoms with E-state index in [1.165, 1.54) is 18.2 Å². The van der Waals surface area contributed by atoms with E-state index in [2.05, 4.69) is 15.6 Å². The maximum Gasteiger partial charge on any atom is 0.225 e. The Balaban J connectivity index is 1.39. The molecule has 3 aromatic rings. The third-order valence-corrected chi connectivity index (χ3v) is 6.53. The summed E-state index contributed by atoms with van der Waals surface area (Å²) in [6, 6.07) is 7.97. The molecule has 2 aromatic carbocycles. The number of hydrogen-bond acceptors (Lipinski definition) is 2. The number of hydrogen-bond donors (Lipinski definition) is 3. The fourth-order valence-corrected chi connectivity index (χ4v) is 4.76. The molecule has 1 unspecified atom stereocenters. The molecule has 3 N–H and O–H groups in total. The van der Waals surface area contributed by atoms with Crippen molar-refractivity contribution in [2.24, 2.45) is 5.92 Å². The molecule has 32 heavy (non-hydrogen) atoms. The molecular formula is C24H22F3N3O2. The molecule has 2 aliphatic rings. The Hall–Kier alpha value is -3.29. The standard InChI is InChI=1S/C24H22F3N3O2/c25-15-4-1-12(2-5-15)22-21(18-9-16(26)10-19(27)23(18)30-22)14-7-17(8-14)29-24(32)13-3-6-20(31)28-11-13/h1-2,4-5,9-10,13-14,17,30H,3,6-8,11H2,(H,28,31)(H,29,32)/t13?,14-,17-. The number of aromatic amines is 1. The summed E-state index contributed by atoms with van der Waals surface area (Å²) in [5.41, 5.74) is 2.31. The normalized spacial score (nSPS) is 23.0. The highest BCUT2D eigenvalue weighted by molar-refractivity contribution is 5.92. The average molecular weight is 441 g/mol. The zero-order valence-corrected chi connectivity index (χ0v) is 17.2. The van der Waals surface area contributed by atoms with Crippen molar-refractivity contribution in [2.45, 2.75) is 37.6 Å². The van der Waals surface area contributed by atoms with Gasteiger partial charge in [-0.05, 0) is 66.6 Å². The molecule has 1 saturated heterocycles. The predicted molar refractivity (Wildman–Crippen MR) is 113 cm³/mol. The third-order valence-electron chi connectivity index (χ3n) is 6.53.